The number of carbonyl (C=O) groups excluding carboxylic acids is 2. The van der Waals surface area contributed by atoms with Gasteiger partial charge >= 0.3 is 0 Å². The van der Waals surface area contributed by atoms with E-state index in [-0.39, 0.29) is 11.8 Å². The minimum atomic E-state index is -0.526. The first-order chi connectivity index (χ1) is 12.1. The fourth-order valence-electron chi connectivity index (χ4n) is 2.41. The molecule has 0 radical (unpaired) electrons. The molecule has 2 aromatic carbocycles. The predicted molar refractivity (Wildman–Crippen MR) is 95.3 cm³/mol. The predicted octanol–water partition coefficient (Wildman–Crippen LogP) is 3.45. The van der Waals surface area contributed by atoms with Crippen LogP contribution in [0, 0.1) is 0 Å². The summed E-state index contributed by atoms with van der Waals surface area (Å²) in [7, 11) is 0. The minimum Gasteiger partial charge on any atom is -0.494 e. The first kappa shape index (κ1) is 16.8. The van der Waals surface area contributed by atoms with E-state index in [0.717, 1.165) is 12.2 Å². The van der Waals surface area contributed by atoms with Crippen molar-refractivity contribution in [1.82, 2.24) is 0 Å². The molecule has 3 rings (SSSR count). The molecular formula is C19H20N2O4. The van der Waals surface area contributed by atoms with Crippen molar-refractivity contribution < 1.29 is 19.1 Å². The zero-order valence-electron chi connectivity index (χ0n) is 14.2. The van der Waals surface area contributed by atoms with Crippen molar-refractivity contribution in [1.29, 1.82) is 0 Å². The smallest absolute Gasteiger partial charge is 0.265 e. The van der Waals surface area contributed by atoms with E-state index in [0.29, 0.717) is 29.3 Å². The molecule has 0 saturated carbocycles. The maximum atomic E-state index is 12.4. The van der Waals surface area contributed by atoms with Crippen molar-refractivity contribution in [3.05, 3.63) is 48.0 Å². The van der Waals surface area contributed by atoms with E-state index in [2.05, 4.69) is 10.6 Å². The number of amides is 2. The lowest BCUT2D eigenvalue weighted by molar-refractivity contribution is -0.122. The van der Waals surface area contributed by atoms with E-state index in [1.807, 2.05) is 6.92 Å². The highest BCUT2D eigenvalue weighted by Crippen LogP contribution is 2.32. The summed E-state index contributed by atoms with van der Waals surface area (Å²) in [6.45, 7) is 4.36. The number of benzene rings is 2. The molecule has 2 amide bonds. The topological polar surface area (TPSA) is 76.7 Å². The first-order valence-electron chi connectivity index (χ1n) is 8.22. The molecule has 0 spiro atoms. The highest BCUT2D eigenvalue weighted by molar-refractivity contribution is 6.05. The fraction of sp³-hybridized carbons (Fsp3) is 0.263. The van der Waals surface area contributed by atoms with E-state index in [9.17, 15) is 9.59 Å². The van der Waals surface area contributed by atoms with Gasteiger partial charge in [0.1, 0.15) is 11.5 Å². The summed E-state index contributed by atoms with van der Waals surface area (Å²) >= 11 is 0. The molecule has 130 valence electrons. The quantitative estimate of drug-likeness (QED) is 0.874. The number of anilines is 2. The fourth-order valence-corrected chi connectivity index (χ4v) is 2.41. The van der Waals surface area contributed by atoms with Crippen LogP contribution in [0.1, 0.15) is 30.6 Å². The van der Waals surface area contributed by atoms with Gasteiger partial charge in [0.05, 0.1) is 12.3 Å². The lowest BCUT2D eigenvalue weighted by atomic mass is 10.1. The zero-order chi connectivity index (χ0) is 17.8. The SMILES string of the molecule is CCCOc1ccc(C(=O)Nc2ccc3c(c2)NC(=O)[C@@H](C)O3)cc1. The van der Waals surface area contributed by atoms with Crippen LogP contribution in [0.5, 0.6) is 11.5 Å². The number of hydrogen-bond donors (Lipinski definition) is 2. The Morgan fingerprint density at radius 1 is 1.24 bits per heavy atom. The van der Waals surface area contributed by atoms with Crippen LogP contribution in [0.3, 0.4) is 0 Å². The molecule has 0 bridgehead atoms. The van der Waals surface area contributed by atoms with Crippen molar-refractivity contribution in [2.24, 2.45) is 0 Å². The van der Waals surface area contributed by atoms with Crippen LogP contribution >= 0.6 is 0 Å². The Labute approximate surface area is 146 Å². The Kier molecular flexibility index (Phi) is 4.88. The number of carbonyl (C=O) groups is 2. The monoisotopic (exact) mass is 340 g/mol. The summed E-state index contributed by atoms with van der Waals surface area (Å²) in [4.78, 5) is 24.0. The summed E-state index contributed by atoms with van der Waals surface area (Å²) in [5, 5.41) is 5.57. The molecular weight excluding hydrogens is 320 g/mol. The molecule has 1 aliphatic heterocycles. The zero-order valence-corrected chi connectivity index (χ0v) is 14.2. The number of rotatable bonds is 5. The molecule has 0 aromatic heterocycles. The second-order valence-corrected chi connectivity index (χ2v) is 5.79. The lowest BCUT2D eigenvalue weighted by Crippen LogP contribution is -2.34. The maximum absolute atomic E-state index is 12.4. The summed E-state index contributed by atoms with van der Waals surface area (Å²) < 4.78 is 11.0. The highest BCUT2D eigenvalue weighted by atomic mass is 16.5. The maximum Gasteiger partial charge on any atom is 0.265 e. The molecule has 0 aliphatic carbocycles. The van der Waals surface area contributed by atoms with Gasteiger partial charge in [-0.1, -0.05) is 6.92 Å². The number of nitrogens with one attached hydrogen (secondary N) is 2. The summed E-state index contributed by atoms with van der Waals surface area (Å²) in [5.41, 5.74) is 1.65. The molecule has 1 heterocycles. The molecule has 6 heteroatoms. The number of ether oxygens (including phenoxy) is 2. The van der Waals surface area contributed by atoms with Crippen molar-refractivity contribution in [2.45, 2.75) is 26.4 Å². The van der Waals surface area contributed by atoms with Crippen molar-refractivity contribution in [2.75, 3.05) is 17.2 Å². The van der Waals surface area contributed by atoms with E-state index >= 15 is 0 Å². The first-order valence-corrected chi connectivity index (χ1v) is 8.22. The van der Waals surface area contributed by atoms with Crippen LogP contribution in [0.15, 0.2) is 42.5 Å². The number of fused-ring (bicyclic) bond motifs is 1. The third kappa shape index (κ3) is 3.91. The second kappa shape index (κ2) is 7.25. The van der Waals surface area contributed by atoms with Gasteiger partial charge in [-0.3, -0.25) is 9.59 Å². The molecule has 6 nitrogen and oxygen atoms in total. The van der Waals surface area contributed by atoms with Gasteiger partial charge in [-0.25, -0.2) is 0 Å². The Balaban J connectivity index is 1.69. The van der Waals surface area contributed by atoms with Gasteiger partial charge < -0.3 is 20.1 Å². The van der Waals surface area contributed by atoms with Crippen molar-refractivity contribution in [3.63, 3.8) is 0 Å². The second-order valence-electron chi connectivity index (χ2n) is 5.79. The van der Waals surface area contributed by atoms with Crippen LogP contribution in [0.4, 0.5) is 11.4 Å². The molecule has 0 saturated heterocycles. The van der Waals surface area contributed by atoms with E-state index in [4.69, 9.17) is 9.47 Å². The summed E-state index contributed by atoms with van der Waals surface area (Å²) in [6, 6.07) is 12.1. The molecule has 1 atom stereocenters. The van der Waals surface area contributed by atoms with Gasteiger partial charge in [0.2, 0.25) is 0 Å². The normalized spacial score (nSPS) is 15.6. The molecule has 0 unspecified atom stereocenters. The molecule has 1 aliphatic rings. The van der Waals surface area contributed by atoms with E-state index in [1.165, 1.54) is 0 Å². The highest BCUT2D eigenvalue weighted by Gasteiger charge is 2.23. The van der Waals surface area contributed by atoms with Crippen LogP contribution < -0.4 is 20.1 Å². The standard InChI is InChI=1S/C19H20N2O4/c1-3-10-24-15-7-4-13(5-8-15)19(23)20-14-6-9-17-16(11-14)21-18(22)12(2)25-17/h4-9,11-12H,3,10H2,1-2H3,(H,20,23)(H,21,22)/t12-/m1/s1. The molecule has 2 N–H and O–H groups in total. The third-order valence-corrected chi connectivity index (χ3v) is 3.76. The average Bonchev–Trinajstić information content (AvgIpc) is 2.61. The van der Waals surface area contributed by atoms with Crippen LogP contribution in [-0.2, 0) is 4.79 Å². The van der Waals surface area contributed by atoms with Gasteiger partial charge in [-0.15, -0.1) is 0 Å². The van der Waals surface area contributed by atoms with Crippen LogP contribution in [0.2, 0.25) is 0 Å². The van der Waals surface area contributed by atoms with Crippen LogP contribution in [-0.4, -0.2) is 24.5 Å². The number of hydrogen-bond acceptors (Lipinski definition) is 4. The average molecular weight is 340 g/mol. The van der Waals surface area contributed by atoms with Gasteiger partial charge in [0.15, 0.2) is 6.10 Å². The largest absolute Gasteiger partial charge is 0.494 e. The van der Waals surface area contributed by atoms with Crippen molar-refractivity contribution in [3.8, 4) is 11.5 Å². The van der Waals surface area contributed by atoms with E-state index in [1.54, 1.807) is 49.4 Å². The van der Waals surface area contributed by atoms with Gasteiger partial charge in [0.25, 0.3) is 11.8 Å². The summed E-state index contributed by atoms with van der Waals surface area (Å²) in [6.07, 6.45) is 0.404. The van der Waals surface area contributed by atoms with Crippen molar-refractivity contribution >= 4 is 23.2 Å². The van der Waals surface area contributed by atoms with Gasteiger partial charge in [-0.2, -0.15) is 0 Å². The molecule has 25 heavy (non-hydrogen) atoms. The lowest BCUT2D eigenvalue weighted by Gasteiger charge is -2.23. The van der Waals surface area contributed by atoms with Crippen LogP contribution in [0.25, 0.3) is 0 Å². The Morgan fingerprint density at radius 2 is 2.00 bits per heavy atom. The molecule has 0 fully saturated rings. The Morgan fingerprint density at radius 3 is 2.72 bits per heavy atom. The van der Waals surface area contributed by atoms with Gasteiger partial charge in [-0.05, 0) is 55.8 Å². The van der Waals surface area contributed by atoms with Gasteiger partial charge in [0, 0.05) is 11.3 Å². The minimum absolute atomic E-state index is 0.210. The third-order valence-electron chi connectivity index (χ3n) is 3.76. The Hall–Kier alpha value is -3.02. The Bertz CT molecular complexity index is 787. The summed E-state index contributed by atoms with van der Waals surface area (Å²) in [5.74, 6) is 0.876. The van der Waals surface area contributed by atoms with E-state index < -0.39 is 6.10 Å². The molecule has 2 aromatic rings.